The monoisotopic (exact) mass is 322 g/mol. The first-order chi connectivity index (χ1) is 11.7. The highest BCUT2D eigenvalue weighted by Crippen LogP contribution is 2.35. The van der Waals surface area contributed by atoms with Gasteiger partial charge in [0.05, 0.1) is 17.3 Å². The van der Waals surface area contributed by atoms with E-state index in [2.05, 4.69) is 16.4 Å². The molecule has 1 amide bonds. The molecule has 3 rings (SSSR count). The summed E-state index contributed by atoms with van der Waals surface area (Å²) in [5.41, 5.74) is 2.51. The van der Waals surface area contributed by atoms with E-state index < -0.39 is 0 Å². The minimum atomic E-state index is 0.0485. The number of nitrogens with zero attached hydrogens (tertiary/aromatic N) is 2. The Hall–Kier alpha value is -2.61. The number of amides is 1. The number of carbonyl (C=O) groups is 1. The molecule has 5 heteroatoms. The van der Waals surface area contributed by atoms with Gasteiger partial charge in [-0.25, -0.2) is 4.98 Å². The van der Waals surface area contributed by atoms with Gasteiger partial charge in [0.1, 0.15) is 5.82 Å². The Kier molecular flexibility index (Phi) is 4.95. The molecule has 1 aromatic heterocycles. The van der Waals surface area contributed by atoms with E-state index in [1.807, 2.05) is 24.4 Å². The summed E-state index contributed by atoms with van der Waals surface area (Å²) in [4.78, 5) is 19.1. The van der Waals surface area contributed by atoms with Gasteiger partial charge in [0, 0.05) is 31.1 Å². The van der Waals surface area contributed by atoms with Gasteiger partial charge in [0.15, 0.2) is 0 Å². The van der Waals surface area contributed by atoms with Gasteiger partial charge in [-0.2, -0.15) is 5.26 Å². The van der Waals surface area contributed by atoms with Crippen molar-refractivity contribution in [2.45, 2.75) is 38.5 Å². The van der Waals surface area contributed by atoms with Crippen molar-refractivity contribution in [1.82, 2.24) is 15.3 Å². The molecule has 1 saturated carbocycles. The van der Waals surface area contributed by atoms with Crippen molar-refractivity contribution in [3.8, 4) is 17.3 Å². The van der Waals surface area contributed by atoms with Crippen LogP contribution in [0.3, 0.4) is 0 Å². The van der Waals surface area contributed by atoms with Crippen LogP contribution in [0.5, 0.6) is 0 Å². The van der Waals surface area contributed by atoms with Gasteiger partial charge in [-0.3, -0.25) is 4.79 Å². The lowest BCUT2D eigenvalue weighted by atomic mass is 9.81. The Bertz CT molecular complexity index is 751. The lowest BCUT2D eigenvalue weighted by Gasteiger charge is -2.27. The Morgan fingerprint density at radius 3 is 2.88 bits per heavy atom. The first-order valence-electron chi connectivity index (χ1n) is 8.46. The number of H-pyrrole nitrogens is 1. The second-order valence-electron chi connectivity index (χ2n) is 6.52. The van der Waals surface area contributed by atoms with Crippen LogP contribution in [0, 0.1) is 17.2 Å². The maximum absolute atomic E-state index is 11.0. The van der Waals surface area contributed by atoms with Gasteiger partial charge in [-0.1, -0.05) is 12.1 Å². The summed E-state index contributed by atoms with van der Waals surface area (Å²) in [6, 6.07) is 9.69. The SMILES string of the molecule is CC(=O)NCC1CCC(c2nc(-c3cccc(C#N)c3)c[nH]2)CC1. The van der Waals surface area contributed by atoms with Gasteiger partial charge in [-0.05, 0) is 43.7 Å². The zero-order valence-corrected chi connectivity index (χ0v) is 13.9. The van der Waals surface area contributed by atoms with Crippen LogP contribution in [0.4, 0.5) is 0 Å². The van der Waals surface area contributed by atoms with E-state index in [4.69, 9.17) is 10.2 Å². The van der Waals surface area contributed by atoms with Gasteiger partial charge >= 0.3 is 0 Å². The van der Waals surface area contributed by atoms with Crippen molar-refractivity contribution in [3.63, 3.8) is 0 Å². The van der Waals surface area contributed by atoms with E-state index in [9.17, 15) is 4.79 Å². The maximum Gasteiger partial charge on any atom is 0.216 e. The van der Waals surface area contributed by atoms with Crippen molar-refractivity contribution < 1.29 is 4.79 Å². The predicted molar refractivity (Wildman–Crippen MR) is 92.1 cm³/mol. The lowest BCUT2D eigenvalue weighted by Crippen LogP contribution is -2.29. The highest BCUT2D eigenvalue weighted by molar-refractivity contribution is 5.72. The number of benzene rings is 1. The fourth-order valence-corrected chi connectivity index (χ4v) is 3.37. The molecule has 0 unspecified atom stereocenters. The van der Waals surface area contributed by atoms with Gasteiger partial charge in [0.25, 0.3) is 0 Å². The Morgan fingerprint density at radius 1 is 1.38 bits per heavy atom. The number of imidazole rings is 1. The Morgan fingerprint density at radius 2 is 2.17 bits per heavy atom. The molecular formula is C19H22N4O. The lowest BCUT2D eigenvalue weighted by molar-refractivity contribution is -0.119. The molecule has 24 heavy (non-hydrogen) atoms. The van der Waals surface area contributed by atoms with Crippen LogP contribution in [0.1, 0.15) is 49.9 Å². The number of nitrogens with one attached hydrogen (secondary N) is 2. The molecule has 5 nitrogen and oxygen atoms in total. The first-order valence-corrected chi connectivity index (χ1v) is 8.46. The van der Waals surface area contributed by atoms with Crippen LogP contribution in [-0.4, -0.2) is 22.4 Å². The molecule has 1 aromatic carbocycles. The smallest absolute Gasteiger partial charge is 0.216 e. The zero-order valence-electron chi connectivity index (χ0n) is 13.9. The summed E-state index contributed by atoms with van der Waals surface area (Å²) >= 11 is 0. The molecule has 0 spiro atoms. The molecule has 0 saturated heterocycles. The van der Waals surface area contributed by atoms with Crippen LogP contribution in [-0.2, 0) is 4.79 Å². The molecule has 1 aliphatic carbocycles. The minimum Gasteiger partial charge on any atom is -0.356 e. The van der Waals surface area contributed by atoms with Crippen molar-refractivity contribution in [2.24, 2.45) is 5.92 Å². The highest BCUT2D eigenvalue weighted by Gasteiger charge is 2.24. The molecule has 0 bridgehead atoms. The maximum atomic E-state index is 11.0. The topological polar surface area (TPSA) is 81.6 Å². The second kappa shape index (κ2) is 7.31. The van der Waals surface area contributed by atoms with Crippen LogP contribution >= 0.6 is 0 Å². The summed E-state index contributed by atoms with van der Waals surface area (Å²) in [6.45, 7) is 2.35. The number of aromatic amines is 1. The Balaban J connectivity index is 1.62. The summed E-state index contributed by atoms with van der Waals surface area (Å²) in [7, 11) is 0. The van der Waals surface area contributed by atoms with Crippen molar-refractivity contribution in [3.05, 3.63) is 41.9 Å². The molecule has 124 valence electrons. The molecule has 2 N–H and O–H groups in total. The quantitative estimate of drug-likeness (QED) is 0.905. The largest absolute Gasteiger partial charge is 0.356 e. The molecule has 0 radical (unpaired) electrons. The predicted octanol–water partition coefficient (Wildman–Crippen LogP) is 3.36. The zero-order chi connectivity index (χ0) is 16.9. The first kappa shape index (κ1) is 16.3. The average molecular weight is 322 g/mol. The van der Waals surface area contributed by atoms with E-state index in [1.54, 1.807) is 13.0 Å². The molecule has 0 atom stereocenters. The third-order valence-electron chi connectivity index (χ3n) is 4.76. The third-order valence-corrected chi connectivity index (χ3v) is 4.76. The molecule has 1 heterocycles. The third kappa shape index (κ3) is 3.83. The summed E-state index contributed by atoms with van der Waals surface area (Å²) in [5, 5.41) is 11.9. The Labute approximate surface area is 142 Å². The number of carbonyl (C=O) groups excluding carboxylic acids is 1. The van der Waals surface area contributed by atoms with Crippen molar-refractivity contribution in [1.29, 1.82) is 5.26 Å². The van der Waals surface area contributed by atoms with Crippen molar-refractivity contribution in [2.75, 3.05) is 6.54 Å². The molecular weight excluding hydrogens is 300 g/mol. The van der Waals surface area contributed by atoms with Crippen LogP contribution in [0.15, 0.2) is 30.5 Å². The molecule has 0 aliphatic heterocycles. The second-order valence-corrected chi connectivity index (χ2v) is 6.52. The molecule has 2 aromatic rings. The average Bonchev–Trinajstić information content (AvgIpc) is 3.10. The minimum absolute atomic E-state index is 0.0485. The van der Waals surface area contributed by atoms with E-state index in [-0.39, 0.29) is 5.91 Å². The summed E-state index contributed by atoms with van der Waals surface area (Å²) in [6.07, 6.45) is 6.34. The summed E-state index contributed by atoms with van der Waals surface area (Å²) < 4.78 is 0. The van der Waals surface area contributed by atoms with Crippen LogP contribution in [0.25, 0.3) is 11.3 Å². The van der Waals surface area contributed by atoms with E-state index >= 15 is 0 Å². The normalized spacial score (nSPS) is 20.3. The number of hydrogen-bond acceptors (Lipinski definition) is 3. The highest BCUT2D eigenvalue weighted by atomic mass is 16.1. The number of nitriles is 1. The molecule has 1 aliphatic rings. The van der Waals surface area contributed by atoms with Gasteiger partial charge in [-0.15, -0.1) is 0 Å². The standard InChI is InChI=1S/C19H22N4O/c1-13(24)21-11-14-5-7-16(8-6-14)19-22-12-18(23-19)17-4-2-3-15(9-17)10-20/h2-4,9,12,14,16H,5-8,11H2,1H3,(H,21,24)(H,22,23). The fourth-order valence-electron chi connectivity index (χ4n) is 3.37. The summed E-state index contributed by atoms with van der Waals surface area (Å²) in [5.74, 6) is 2.11. The van der Waals surface area contributed by atoms with Crippen LogP contribution in [0.2, 0.25) is 0 Å². The number of hydrogen-bond donors (Lipinski definition) is 2. The van der Waals surface area contributed by atoms with Crippen LogP contribution < -0.4 is 5.32 Å². The van der Waals surface area contributed by atoms with Gasteiger partial charge in [0.2, 0.25) is 5.91 Å². The van der Waals surface area contributed by atoms with E-state index in [1.165, 1.54) is 0 Å². The molecule has 1 fully saturated rings. The van der Waals surface area contributed by atoms with E-state index in [0.29, 0.717) is 17.4 Å². The van der Waals surface area contributed by atoms with E-state index in [0.717, 1.165) is 49.3 Å². The van der Waals surface area contributed by atoms with Gasteiger partial charge < -0.3 is 10.3 Å². The fraction of sp³-hybridized carbons (Fsp3) is 0.421. The van der Waals surface area contributed by atoms with Crippen molar-refractivity contribution >= 4 is 5.91 Å². The number of rotatable bonds is 4. The number of aromatic nitrogens is 2.